The van der Waals surface area contributed by atoms with Crippen molar-refractivity contribution >= 4 is 33.7 Å². The Labute approximate surface area is 249 Å². The van der Waals surface area contributed by atoms with E-state index in [4.69, 9.17) is 5.73 Å². The molecule has 0 spiro atoms. The van der Waals surface area contributed by atoms with E-state index in [9.17, 15) is 0 Å². The van der Waals surface area contributed by atoms with Gasteiger partial charge in [0.2, 0.25) is 0 Å². The van der Waals surface area contributed by atoms with Gasteiger partial charge in [0.1, 0.15) is 0 Å². The van der Waals surface area contributed by atoms with E-state index < -0.39 is 0 Å². The van der Waals surface area contributed by atoms with Gasteiger partial charge in [0.15, 0.2) is 0 Å². The van der Waals surface area contributed by atoms with Gasteiger partial charge in [-0.1, -0.05) is 140 Å². The minimum atomic E-state index is 0.822. The van der Waals surface area contributed by atoms with Crippen LogP contribution in [-0.4, -0.2) is 4.57 Å². The Morgan fingerprint density at radius 3 is 1.64 bits per heavy atom. The molecule has 4 heteroatoms. The van der Waals surface area contributed by atoms with Crippen LogP contribution in [-0.2, 0) is 0 Å². The topological polar surface area (TPSA) is 83.0 Å². The first kappa shape index (κ1) is 31.4. The molecule has 0 bridgehead atoms. The van der Waals surface area contributed by atoms with Gasteiger partial charge in [-0.25, -0.2) is 0 Å². The van der Waals surface area contributed by atoms with Crippen molar-refractivity contribution in [1.29, 1.82) is 0 Å². The van der Waals surface area contributed by atoms with Crippen LogP contribution in [0.4, 0.5) is 5.69 Å². The van der Waals surface area contributed by atoms with Crippen molar-refractivity contribution in [3.8, 4) is 11.1 Å². The first-order valence-corrected chi connectivity index (χ1v) is 13.8. The fourth-order valence-electron chi connectivity index (χ4n) is 4.47. The molecule has 4 nitrogen and oxygen atoms in total. The lowest BCUT2D eigenvalue weighted by atomic mass is 10.0. The van der Waals surface area contributed by atoms with Crippen molar-refractivity contribution in [3.63, 3.8) is 0 Å². The maximum atomic E-state index is 5.36. The van der Waals surface area contributed by atoms with Crippen LogP contribution in [0.3, 0.4) is 0 Å². The number of nitrogens with zero attached hydrogens (tertiary/aromatic N) is 1. The number of rotatable bonds is 4. The largest absolute Gasteiger partial charge is 0.399 e. The lowest BCUT2D eigenvalue weighted by Crippen LogP contribution is -2.02. The van der Waals surface area contributed by atoms with Gasteiger partial charge in [-0.15, -0.1) is 0 Å². The molecule has 0 radical (unpaired) electrons. The van der Waals surface area contributed by atoms with Crippen LogP contribution in [0.15, 0.2) is 164 Å². The summed E-state index contributed by atoms with van der Waals surface area (Å²) in [4.78, 5) is 0. The van der Waals surface area contributed by atoms with E-state index in [2.05, 4.69) is 146 Å². The summed E-state index contributed by atoms with van der Waals surface area (Å²) in [7, 11) is 0. The predicted molar refractivity (Wildman–Crippen MR) is 185 cm³/mol. The summed E-state index contributed by atoms with van der Waals surface area (Å²) >= 11 is 0. The highest BCUT2D eigenvalue weighted by Gasteiger charge is 2.07. The molecule has 0 saturated carbocycles. The Morgan fingerprint density at radius 1 is 0.643 bits per heavy atom. The van der Waals surface area contributed by atoms with Crippen molar-refractivity contribution in [2.75, 3.05) is 5.73 Å². The Kier molecular flexibility index (Phi) is 12.6. The van der Waals surface area contributed by atoms with E-state index in [-0.39, 0.29) is 0 Å². The minimum absolute atomic E-state index is 0.822. The molecule has 0 unspecified atom stereocenters. The summed E-state index contributed by atoms with van der Waals surface area (Å²) in [5, 5.41) is 2.58. The summed E-state index contributed by atoms with van der Waals surface area (Å²) in [6, 6.07) is 45.5. The molecule has 0 fully saturated rings. The Balaban J connectivity index is 0.000000188. The van der Waals surface area contributed by atoms with Crippen LogP contribution in [0, 0.1) is 6.92 Å². The molecule has 0 aliphatic rings. The van der Waals surface area contributed by atoms with Gasteiger partial charge in [-0.2, -0.15) is 0 Å². The van der Waals surface area contributed by atoms with Crippen LogP contribution < -0.4 is 17.4 Å². The second-order valence-corrected chi connectivity index (χ2v) is 9.52. The van der Waals surface area contributed by atoms with Crippen molar-refractivity contribution in [2.24, 2.45) is 11.7 Å². The average molecular weight is 553 g/mol. The number of hydrogen-bond donors (Lipinski definition) is 3. The molecule has 0 amide bonds. The molecule has 212 valence electrons. The first-order valence-electron chi connectivity index (χ1n) is 13.8. The summed E-state index contributed by atoms with van der Waals surface area (Å²) in [6.45, 7) is 7.93. The van der Waals surface area contributed by atoms with E-state index in [1.54, 1.807) is 6.08 Å². The molecular formula is C38H40N4. The summed E-state index contributed by atoms with van der Waals surface area (Å²) < 4.78 is 2.26. The molecule has 6 rings (SSSR count). The van der Waals surface area contributed by atoms with Gasteiger partial charge in [-0.05, 0) is 54.8 Å². The highest BCUT2D eigenvalue weighted by atomic mass is 15.0. The Hall–Kier alpha value is -5.16. The number of nitrogen functional groups attached to an aromatic ring is 1. The zero-order chi connectivity index (χ0) is 30.2. The second kappa shape index (κ2) is 16.8. The third kappa shape index (κ3) is 8.93. The number of anilines is 1. The zero-order valence-electron chi connectivity index (χ0n) is 24.4. The zero-order valence-corrected chi connectivity index (χ0v) is 24.4. The van der Waals surface area contributed by atoms with Gasteiger partial charge in [0.05, 0.1) is 11.0 Å². The maximum Gasteiger partial charge on any atom is 0.0535 e. The molecule has 0 saturated heterocycles. The molecular weight excluding hydrogens is 512 g/mol. The summed E-state index contributed by atoms with van der Waals surface area (Å²) in [5.74, 6) is 8.00. The maximum absolute atomic E-state index is 5.36. The van der Waals surface area contributed by atoms with E-state index in [1.807, 2.05) is 42.5 Å². The summed E-state index contributed by atoms with van der Waals surface area (Å²) in [6.07, 6.45) is 7.99. The highest BCUT2D eigenvalue weighted by Crippen LogP contribution is 2.29. The number of nitrogens with two attached hydrogens (primary N) is 3. The number of allylic oxidation sites excluding steroid dienone is 4. The SMILES string of the molecule is C=C/C=C\C(C)=C/n1c2ccccc2c2ccccc21.Cc1cccc(-c2ccccc2)c1.NN.Nc1ccccc1. The van der Waals surface area contributed by atoms with Gasteiger partial charge in [-0.3, -0.25) is 11.7 Å². The molecule has 6 aromatic rings. The smallest absolute Gasteiger partial charge is 0.0535 e. The normalized spacial score (nSPS) is 10.6. The van der Waals surface area contributed by atoms with Crippen molar-refractivity contribution < 1.29 is 0 Å². The molecule has 1 heterocycles. The highest BCUT2D eigenvalue weighted by molar-refractivity contribution is 6.09. The Bertz CT molecular complexity index is 1680. The average Bonchev–Trinajstić information content (AvgIpc) is 3.36. The number of para-hydroxylation sites is 3. The number of benzene rings is 5. The lowest BCUT2D eigenvalue weighted by molar-refractivity contribution is 1.26. The molecule has 5 aromatic carbocycles. The van der Waals surface area contributed by atoms with E-state index in [0.29, 0.717) is 0 Å². The molecule has 42 heavy (non-hydrogen) atoms. The molecule has 0 aliphatic heterocycles. The lowest BCUT2D eigenvalue weighted by Gasteiger charge is -2.01. The third-order valence-electron chi connectivity index (χ3n) is 6.37. The van der Waals surface area contributed by atoms with Crippen molar-refractivity contribution in [2.45, 2.75) is 13.8 Å². The monoisotopic (exact) mass is 552 g/mol. The van der Waals surface area contributed by atoms with Gasteiger partial charge in [0, 0.05) is 22.7 Å². The first-order chi connectivity index (χ1) is 20.6. The molecule has 6 N–H and O–H groups in total. The predicted octanol–water partition coefficient (Wildman–Crippen LogP) is 9.15. The van der Waals surface area contributed by atoms with Crippen LogP contribution >= 0.6 is 0 Å². The fraction of sp³-hybridized carbons (Fsp3) is 0.0526. The number of fused-ring (bicyclic) bond motifs is 3. The van der Waals surface area contributed by atoms with E-state index in [0.717, 1.165) is 5.69 Å². The molecule has 1 aromatic heterocycles. The van der Waals surface area contributed by atoms with Crippen LogP contribution in [0.25, 0.3) is 39.1 Å². The van der Waals surface area contributed by atoms with Crippen molar-refractivity contribution in [3.05, 3.63) is 169 Å². The minimum Gasteiger partial charge on any atom is -0.399 e. The summed E-state index contributed by atoms with van der Waals surface area (Å²) in [5.41, 5.74) is 13.7. The van der Waals surface area contributed by atoms with E-state index in [1.165, 1.54) is 44.1 Å². The molecule has 0 aliphatic carbocycles. The fourth-order valence-corrected chi connectivity index (χ4v) is 4.47. The number of hydrogen-bond acceptors (Lipinski definition) is 3. The van der Waals surface area contributed by atoms with Crippen LogP contribution in [0.2, 0.25) is 0 Å². The Morgan fingerprint density at radius 2 is 1.14 bits per heavy atom. The molecule has 0 atom stereocenters. The van der Waals surface area contributed by atoms with E-state index >= 15 is 0 Å². The number of hydrazine groups is 1. The van der Waals surface area contributed by atoms with Gasteiger partial charge >= 0.3 is 0 Å². The van der Waals surface area contributed by atoms with Crippen molar-refractivity contribution in [1.82, 2.24) is 4.57 Å². The van der Waals surface area contributed by atoms with Gasteiger partial charge < -0.3 is 10.3 Å². The number of aryl methyl sites for hydroxylation is 1. The second-order valence-electron chi connectivity index (χ2n) is 9.52. The quantitative estimate of drug-likeness (QED) is 0.0882. The van der Waals surface area contributed by atoms with Crippen LogP contribution in [0.1, 0.15) is 12.5 Å². The van der Waals surface area contributed by atoms with Gasteiger partial charge in [0.25, 0.3) is 0 Å². The van der Waals surface area contributed by atoms with Crippen LogP contribution in [0.5, 0.6) is 0 Å². The standard InChI is InChI=1S/C19H17N.C13H12.C6H7N.H4N2/c1-3-4-9-15(2)14-20-18-12-7-5-10-16(18)17-11-6-8-13-19(17)20;1-11-6-5-9-13(10-11)12-7-3-2-4-8-12;7-6-4-2-1-3-5-6;1-2/h3-14H,1H2,2H3;2-10H,1H3;1-5H,7H2;1-2H2/b9-4-,15-14-;;;. The third-order valence-corrected chi connectivity index (χ3v) is 6.37. The number of aromatic nitrogens is 1.